The van der Waals surface area contributed by atoms with Gasteiger partial charge in [0.25, 0.3) is 0 Å². The van der Waals surface area contributed by atoms with E-state index in [4.69, 9.17) is 9.47 Å². The predicted octanol–water partition coefficient (Wildman–Crippen LogP) is 2.46. The number of hydrogen-bond acceptors (Lipinski definition) is 6. The first-order valence-electron chi connectivity index (χ1n) is 7.43. The molecule has 0 unspecified atom stereocenters. The van der Waals surface area contributed by atoms with Crippen LogP contribution < -0.4 is 9.47 Å². The molecule has 0 bridgehead atoms. The van der Waals surface area contributed by atoms with Crippen LogP contribution in [0.5, 0.6) is 11.5 Å². The van der Waals surface area contributed by atoms with Crippen LogP contribution in [0.15, 0.2) is 53.7 Å². The topological polar surface area (TPSA) is 94.2 Å². The van der Waals surface area contributed by atoms with Crippen LogP contribution in [0.3, 0.4) is 0 Å². The molecule has 0 saturated heterocycles. The van der Waals surface area contributed by atoms with Crippen LogP contribution in [0.25, 0.3) is 11.4 Å². The molecule has 0 spiro atoms. The first-order chi connectivity index (χ1) is 12.0. The summed E-state index contributed by atoms with van der Waals surface area (Å²) in [6.07, 6.45) is 4.41. The minimum absolute atomic E-state index is 0.142. The second-order valence-electron chi connectivity index (χ2n) is 5.40. The van der Waals surface area contributed by atoms with Crippen molar-refractivity contribution in [3.63, 3.8) is 0 Å². The van der Waals surface area contributed by atoms with Crippen LogP contribution >= 0.6 is 0 Å². The van der Waals surface area contributed by atoms with Crippen LogP contribution in [0.2, 0.25) is 0 Å². The van der Waals surface area contributed by atoms with E-state index < -0.39 is 9.84 Å². The van der Waals surface area contributed by atoms with E-state index in [0.717, 1.165) is 23.2 Å². The lowest BCUT2D eigenvalue weighted by atomic mass is 10.2. The third kappa shape index (κ3) is 3.97. The Hall–Kier alpha value is -2.87. The van der Waals surface area contributed by atoms with Crippen molar-refractivity contribution in [1.82, 2.24) is 15.2 Å². The number of nitrogens with one attached hydrogen (secondary N) is 1. The average molecular weight is 359 g/mol. The van der Waals surface area contributed by atoms with E-state index in [-0.39, 0.29) is 11.5 Å². The SMILES string of the molecule is COc1ccc(COc2ccc(-c3ccn[nH]3)nc2)cc1S(C)(=O)=O. The molecular formula is C17H17N3O4S. The summed E-state index contributed by atoms with van der Waals surface area (Å²) < 4.78 is 34.5. The van der Waals surface area contributed by atoms with Gasteiger partial charge in [-0.15, -0.1) is 0 Å². The Balaban J connectivity index is 1.73. The summed E-state index contributed by atoms with van der Waals surface area (Å²) in [5.74, 6) is 0.900. The number of hydrogen-bond donors (Lipinski definition) is 1. The molecule has 3 aromatic rings. The van der Waals surface area contributed by atoms with Crippen molar-refractivity contribution in [3.05, 3.63) is 54.4 Å². The van der Waals surface area contributed by atoms with E-state index in [1.165, 1.54) is 7.11 Å². The lowest BCUT2D eigenvalue weighted by molar-refractivity contribution is 0.304. The van der Waals surface area contributed by atoms with E-state index in [1.54, 1.807) is 36.7 Å². The number of aromatic amines is 1. The highest BCUT2D eigenvalue weighted by molar-refractivity contribution is 7.90. The predicted molar refractivity (Wildman–Crippen MR) is 92.3 cm³/mol. The molecular weight excluding hydrogens is 342 g/mol. The van der Waals surface area contributed by atoms with E-state index in [9.17, 15) is 8.42 Å². The maximum absolute atomic E-state index is 11.9. The molecule has 3 rings (SSSR count). The van der Waals surface area contributed by atoms with Gasteiger partial charge in [-0.25, -0.2) is 8.42 Å². The van der Waals surface area contributed by atoms with Crippen molar-refractivity contribution in [2.24, 2.45) is 0 Å². The number of ether oxygens (including phenoxy) is 2. The zero-order chi connectivity index (χ0) is 17.9. The molecule has 0 amide bonds. The summed E-state index contributed by atoms with van der Waals surface area (Å²) in [5, 5.41) is 6.72. The van der Waals surface area contributed by atoms with Crippen LogP contribution in [0, 0.1) is 0 Å². The summed E-state index contributed by atoms with van der Waals surface area (Å²) >= 11 is 0. The van der Waals surface area contributed by atoms with Gasteiger partial charge in [0, 0.05) is 12.5 Å². The molecule has 0 saturated carbocycles. The fourth-order valence-corrected chi connectivity index (χ4v) is 3.17. The zero-order valence-corrected chi connectivity index (χ0v) is 14.6. The number of rotatable bonds is 6. The van der Waals surface area contributed by atoms with Gasteiger partial charge in [-0.2, -0.15) is 5.10 Å². The molecule has 130 valence electrons. The number of sulfone groups is 1. The molecule has 0 fully saturated rings. The Morgan fingerprint density at radius 2 is 2.00 bits per heavy atom. The van der Waals surface area contributed by atoms with Crippen LogP contribution in [0.1, 0.15) is 5.56 Å². The van der Waals surface area contributed by atoms with Crippen LogP contribution in [-0.2, 0) is 16.4 Å². The summed E-state index contributed by atoms with van der Waals surface area (Å²) in [5.41, 5.74) is 2.30. The maximum Gasteiger partial charge on any atom is 0.179 e. The summed E-state index contributed by atoms with van der Waals surface area (Å²) in [6.45, 7) is 0.220. The maximum atomic E-state index is 11.9. The van der Waals surface area contributed by atoms with Gasteiger partial charge < -0.3 is 9.47 Å². The Bertz CT molecular complexity index is 952. The quantitative estimate of drug-likeness (QED) is 0.726. The third-order valence-electron chi connectivity index (χ3n) is 3.55. The minimum atomic E-state index is -3.38. The Kier molecular flexibility index (Phi) is 4.71. The van der Waals surface area contributed by atoms with Gasteiger partial charge in [-0.3, -0.25) is 10.1 Å². The standard InChI is InChI=1S/C17H17N3O4S/c1-23-16-6-3-12(9-17(16)25(2,21)22)11-24-13-4-5-14(18-10-13)15-7-8-19-20-15/h3-10H,11H2,1-2H3,(H,19,20). The second-order valence-corrected chi connectivity index (χ2v) is 7.38. The van der Waals surface area contributed by atoms with Crippen molar-refractivity contribution < 1.29 is 17.9 Å². The number of aromatic nitrogens is 3. The number of nitrogens with zero attached hydrogens (tertiary/aromatic N) is 2. The van der Waals surface area contributed by atoms with Crippen molar-refractivity contribution in [1.29, 1.82) is 0 Å². The summed E-state index contributed by atoms with van der Waals surface area (Å²) in [4.78, 5) is 4.45. The van der Waals surface area contributed by atoms with Gasteiger partial charge in [0.05, 0.1) is 24.7 Å². The Morgan fingerprint density at radius 3 is 2.60 bits per heavy atom. The summed E-state index contributed by atoms with van der Waals surface area (Å²) in [7, 11) is -1.95. The van der Waals surface area contributed by atoms with Crippen molar-refractivity contribution in [2.45, 2.75) is 11.5 Å². The fourth-order valence-electron chi connectivity index (χ4n) is 2.29. The molecule has 0 aliphatic rings. The first-order valence-corrected chi connectivity index (χ1v) is 9.32. The molecule has 25 heavy (non-hydrogen) atoms. The minimum Gasteiger partial charge on any atom is -0.495 e. The van der Waals surface area contributed by atoms with Gasteiger partial charge in [-0.1, -0.05) is 6.07 Å². The van der Waals surface area contributed by atoms with Gasteiger partial charge in [0.15, 0.2) is 9.84 Å². The van der Waals surface area contributed by atoms with E-state index in [1.807, 2.05) is 12.1 Å². The Labute approximate surface area is 145 Å². The second kappa shape index (κ2) is 6.94. The normalized spacial score (nSPS) is 11.3. The van der Waals surface area contributed by atoms with Crippen molar-refractivity contribution in [3.8, 4) is 22.9 Å². The zero-order valence-electron chi connectivity index (χ0n) is 13.8. The molecule has 0 aliphatic carbocycles. The highest BCUT2D eigenvalue weighted by Gasteiger charge is 2.15. The van der Waals surface area contributed by atoms with Crippen molar-refractivity contribution in [2.75, 3.05) is 13.4 Å². The molecule has 7 nitrogen and oxygen atoms in total. The molecule has 2 heterocycles. The van der Waals surface area contributed by atoms with E-state index in [0.29, 0.717) is 11.5 Å². The number of benzene rings is 1. The average Bonchev–Trinajstić information content (AvgIpc) is 3.14. The molecule has 1 N–H and O–H groups in total. The third-order valence-corrected chi connectivity index (χ3v) is 4.66. The number of H-pyrrole nitrogens is 1. The highest BCUT2D eigenvalue weighted by atomic mass is 32.2. The van der Waals surface area contributed by atoms with Gasteiger partial charge >= 0.3 is 0 Å². The van der Waals surface area contributed by atoms with E-state index >= 15 is 0 Å². The van der Waals surface area contributed by atoms with Crippen LogP contribution in [-0.4, -0.2) is 37.0 Å². The lowest BCUT2D eigenvalue weighted by Crippen LogP contribution is -2.03. The fraction of sp³-hybridized carbons (Fsp3) is 0.176. The monoisotopic (exact) mass is 359 g/mol. The van der Waals surface area contributed by atoms with Gasteiger partial charge in [0.2, 0.25) is 0 Å². The Morgan fingerprint density at radius 1 is 1.16 bits per heavy atom. The largest absolute Gasteiger partial charge is 0.495 e. The van der Waals surface area contributed by atoms with E-state index in [2.05, 4.69) is 15.2 Å². The van der Waals surface area contributed by atoms with Crippen molar-refractivity contribution >= 4 is 9.84 Å². The smallest absolute Gasteiger partial charge is 0.179 e. The molecule has 0 radical (unpaired) electrons. The lowest BCUT2D eigenvalue weighted by Gasteiger charge is -2.10. The highest BCUT2D eigenvalue weighted by Crippen LogP contribution is 2.25. The summed E-state index contributed by atoms with van der Waals surface area (Å²) in [6, 6.07) is 10.4. The van der Waals surface area contributed by atoms with Gasteiger partial charge in [-0.05, 0) is 35.9 Å². The number of pyridine rings is 1. The molecule has 2 aromatic heterocycles. The molecule has 1 aromatic carbocycles. The molecule has 8 heteroatoms. The number of methoxy groups -OCH3 is 1. The van der Waals surface area contributed by atoms with Gasteiger partial charge in [0.1, 0.15) is 23.0 Å². The van der Waals surface area contributed by atoms with Crippen LogP contribution in [0.4, 0.5) is 0 Å². The molecule has 0 atom stereocenters. The first kappa shape index (κ1) is 17.0. The molecule has 0 aliphatic heterocycles.